The summed E-state index contributed by atoms with van der Waals surface area (Å²) in [4.78, 5) is 28.5. The number of hydrogen-bond donors (Lipinski definition) is 2. The number of hydrogen-bond acceptors (Lipinski definition) is 7. The molecule has 2 rings (SSSR count). The summed E-state index contributed by atoms with van der Waals surface area (Å²) in [6.07, 6.45) is 0.921. The van der Waals surface area contributed by atoms with Gasteiger partial charge in [0.1, 0.15) is 11.9 Å². The van der Waals surface area contributed by atoms with Crippen molar-refractivity contribution in [3.05, 3.63) is 46.1 Å². The van der Waals surface area contributed by atoms with Gasteiger partial charge in [0.2, 0.25) is 5.95 Å². The van der Waals surface area contributed by atoms with Crippen molar-refractivity contribution >= 4 is 17.5 Å². The molecule has 1 heterocycles. The number of aromatic nitrogens is 2. The Morgan fingerprint density at radius 2 is 2.05 bits per heavy atom. The Morgan fingerprint density at radius 1 is 1.35 bits per heavy atom. The lowest BCUT2D eigenvalue weighted by molar-refractivity contribution is -0.386. The van der Waals surface area contributed by atoms with Crippen LogP contribution in [0.5, 0.6) is 11.6 Å². The van der Waals surface area contributed by atoms with E-state index >= 15 is 0 Å². The number of rotatable bonds is 4. The van der Waals surface area contributed by atoms with E-state index in [0.29, 0.717) is 0 Å². The Morgan fingerprint density at radius 3 is 2.70 bits per heavy atom. The van der Waals surface area contributed by atoms with Crippen molar-refractivity contribution in [3.63, 3.8) is 0 Å². The van der Waals surface area contributed by atoms with Gasteiger partial charge in [-0.05, 0) is 12.1 Å². The van der Waals surface area contributed by atoms with E-state index in [1.54, 1.807) is 12.1 Å². The highest BCUT2D eigenvalue weighted by atomic mass is 16.6. The molecule has 0 unspecified atom stereocenters. The van der Waals surface area contributed by atoms with Crippen LogP contribution in [0.1, 0.15) is 10.4 Å². The first kappa shape index (κ1) is 13.2. The van der Waals surface area contributed by atoms with Crippen molar-refractivity contribution in [1.82, 2.24) is 9.97 Å². The molecule has 0 aliphatic carbocycles. The standard InChI is InChI=1S/C11H9N5O4/c12-9(17)6-3-1-2-4-8(6)20-10-7(16(18)19)5-14-11(13)15-10/h1-5H,(H2,12,17)(H2,13,14,15). The number of anilines is 1. The summed E-state index contributed by atoms with van der Waals surface area (Å²) in [7, 11) is 0. The molecule has 0 aliphatic rings. The molecule has 2 aromatic rings. The third-order valence-electron chi connectivity index (χ3n) is 2.31. The van der Waals surface area contributed by atoms with E-state index in [4.69, 9.17) is 16.2 Å². The first-order chi connectivity index (χ1) is 9.49. The van der Waals surface area contributed by atoms with Crippen LogP contribution in [0.25, 0.3) is 0 Å². The zero-order chi connectivity index (χ0) is 14.7. The number of benzene rings is 1. The van der Waals surface area contributed by atoms with Crippen LogP contribution in [0.2, 0.25) is 0 Å². The number of para-hydroxylation sites is 1. The van der Waals surface area contributed by atoms with Crippen LogP contribution < -0.4 is 16.2 Å². The molecule has 0 bridgehead atoms. The summed E-state index contributed by atoms with van der Waals surface area (Å²) in [5, 5.41) is 10.9. The van der Waals surface area contributed by atoms with Gasteiger partial charge in [0, 0.05) is 0 Å². The van der Waals surface area contributed by atoms with E-state index in [-0.39, 0.29) is 23.1 Å². The van der Waals surface area contributed by atoms with E-state index in [1.165, 1.54) is 12.1 Å². The third-order valence-corrected chi connectivity index (χ3v) is 2.31. The van der Waals surface area contributed by atoms with Crippen molar-refractivity contribution in [3.8, 4) is 11.6 Å². The number of nitrogens with two attached hydrogens (primary N) is 2. The normalized spacial score (nSPS) is 10.0. The number of ether oxygens (including phenoxy) is 1. The first-order valence-corrected chi connectivity index (χ1v) is 5.32. The van der Waals surface area contributed by atoms with Crippen LogP contribution in [0.3, 0.4) is 0 Å². The molecule has 0 fully saturated rings. The smallest absolute Gasteiger partial charge is 0.349 e. The summed E-state index contributed by atoms with van der Waals surface area (Å²) in [5.41, 5.74) is 10.1. The summed E-state index contributed by atoms with van der Waals surface area (Å²) in [6, 6.07) is 6.02. The highest BCUT2D eigenvalue weighted by molar-refractivity contribution is 5.95. The molecule has 9 nitrogen and oxygen atoms in total. The zero-order valence-corrected chi connectivity index (χ0v) is 10.0. The van der Waals surface area contributed by atoms with Crippen molar-refractivity contribution < 1.29 is 14.5 Å². The molecule has 1 amide bonds. The van der Waals surface area contributed by atoms with Gasteiger partial charge in [0.25, 0.3) is 5.91 Å². The maximum Gasteiger partial charge on any atom is 0.349 e. The van der Waals surface area contributed by atoms with Crippen LogP contribution >= 0.6 is 0 Å². The Kier molecular flexibility index (Phi) is 3.42. The molecule has 20 heavy (non-hydrogen) atoms. The lowest BCUT2D eigenvalue weighted by atomic mass is 10.2. The third kappa shape index (κ3) is 2.61. The second kappa shape index (κ2) is 5.18. The fourth-order valence-electron chi connectivity index (χ4n) is 1.44. The largest absolute Gasteiger partial charge is 0.433 e. The monoisotopic (exact) mass is 275 g/mol. The molecule has 4 N–H and O–H groups in total. The van der Waals surface area contributed by atoms with Gasteiger partial charge in [-0.2, -0.15) is 4.98 Å². The summed E-state index contributed by atoms with van der Waals surface area (Å²) >= 11 is 0. The fraction of sp³-hybridized carbons (Fsp3) is 0. The second-order valence-electron chi connectivity index (χ2n) is 3.64. The quantitative estimate of drug-likeness (QED) is 0.620. The molecule has 0 saturated heterocycles. The Bertz CT molecular complexity index is 688. The molecule has 0 aliphatic heterocycles. The summed E-state index contributed by atoms with van der Waals surface area (Å²) < 4.78 is 5.27. The van der Waals surface area contributed by atoms with Crippen LogP contribution in [0.4, 0.5) is 11.6 Å². The van der Waals surface area contributed by atoms with Gasteiger partial charge in [0.15, 0.2) is 0 Å². The lowest BCUT2D eigenvalue weighted by Gasteiger charge is -2.08. The number of carbonyl (C=O) groups excluding carboxylic acids is 1. The molecular formula is C11H9N5O4. The predicted molar refractivity (Wildman–Crippen MR) is 68.1 cm³/mol. The predicted octanol–water partition coefficient (Wildman–Crippen LogP) is 0.858. The van der Waals surface area contributed by atoms with Gasteiger partial charge < -0.3 is 16.2 Å². The highest BCUT2D eigenvalue weighted by Crippen LogP contribution is 2.30. The fourth-order valence-corrected chi connectivity index (χ4v) is 1.44. The van der Waals surface area contributed by atoms with Crippen molar-refractivity contribution in [1.29, 1.82) is 0 Å². The van der Waals surface area contributed by atoms with Crippen LogP contribution in [-0.4, -0.2) is 20.8 Å². The average Bonchev–Trinajstić information content (AvgIpc) is 2.38. The molecule has 1 aromatic heterocycles. The van der Waals surface area contributed by atoms with Gasteiger partial charge in [-0.1, -0.05) is 12.1 Å². The summed E-state index contributed by atoms with van der Waals surface area (Å²) in [5.74, 6) is -1.25. The Labute approximate surface area is 112 Å². The molecule has 102 valence electrons. The van der Waals surface area contributed by atoms with Gasteiger partial charge >= 0.3 is 11.6 Å². The second-order valence-corrected chi connectivity index (χ2v) is 3.64. The lowest BCUT2D eigenvalue weighted by Crippen LogP contribution is -2.12. The van der Waals surface area contributed by atoms with Crippen molar-refractivity contribution in [2.24, 2.45) is 5.73 Å². The number of nitrogens with zero attached hydrogens (tertiary/aromatic N) is 3. The van der Waals surface area contributed by atoms with Gasteiger partial charge in [-0.15, -0.1) is 0 Å². The molecule has 0 saturated carbocycles. The van der Waals surface area contributed by atoms with Crippen LogP contribution in [0, 0.1) is 10.1 Å². The Hall–Kier alpha value is -3.23. The van der Waals surface area contributed by atoms with Gasteiger partial charge in [-0.25, -0.2) is 4.98 Å². The minimum atomic E-state index is -0.731. The van der Waals surface area contributed by atoms with E-state index in [9.17, 15) is 14.9 Å². The number of nitrogen functional groups attached to an aromatic ring is 1. The van der Waals surface area contributed by atoms with E-state index in [0.717, 1.165) is 6.20 Å². The van der Waals surface area contributed by atoms with Gasteiger partial charge in [-0.3, -0.25) is 14.9 Å². The topological polar surface area (TPSA) is 147 Å². The first-order valence-electron chi connectivity index (χ1n) is 5.32. The zero-order valence-electron chi connectivity index (χ0n) is 10.0. The van der Waals surface area contributed by atoms with Crippen LogP contribution in [0.15, 0.2) is 30.5 Å². The molecule has 9 heteroatoms. The molecule has 0 radical (unpaired) electrons. The number of nitro groups is 1. The summed E-state index contributed by atoms with van der Waals surface area (Å²) in [6.45, 7) is 0. The van der Waals surface area contributed by atoms with Crippen molar-refractivity contribution in [2.75, 3.05) is 5.73 Å². The molecule has 0 spiro atoms. The maximum atomic E-state index is 11.2. The SMILES string of the molecule is NC(=O)c1ccccc1Oc1nc(N)ncc1[N+](=O)[O-]. The molecule has 0 atom stereocenters. The maximum absolute atomic E-state index is 11.2. The highest BCUT2D eigenvalue weighted by Gasteiger charge is 2.20. The molecule has 1 aromatic carbocycles. The molecular weight excluding hydrogens is 266 g/mol. The van der Waals surface area contributed by atoms with Gasteiger partial charge in [0.05, 0.1) is 10.5 Å². The number of primary amides is 1. The minimum absolute atomic E-state index is 0.0428. The minimum Gasteiger partial charge on any atom is -0.433 e. The number of carbonyl (C=O) groups is 1. The van der Waals surface area contributed by atoms with Crippen molar-refractivity contribution in [2.45, 2.75) is 0 Å². The Balaban J connectivity index is 2.47. The van der Waals surface area contributed by atoms with E-state index in [2.05, 4.69) is 9.97 Å². The number of amides is 1. The average molecular weight is 275 g/mol. The van der Waals surface area contributed by atoms with Crippen LogP contribution in [-0.2, 0) is 0 Å². The van der Waals surface area contributed by atoms with E-state index in [1.807, 2.05) is 0 Å². The van der Waals surface area contributed by atoms with E-state index < -0.39 is 16.5 Å².